The Hall–Kier alpha value is -0.390. The van der Waals surface area contributed by atoms with E-state index in [1.807, 2.05) is 0 Å². The second kappa shape index (κ2) is 4.13. The van der Waals surface area contributed by atoms with Gasteiger partial charge in [-0.3, -0.25) is 4.68 Å². The minimum Gasteiger partial charge on any atom is -0.312 e. The topological polar surface area (TPSA) is 33.1 Å². The standard InChI is InChI=1S/C11H17BrN4/c1-15-5-3-8(7-15)16-10-2-4-13-6-9(10)11(12)14-16/h8,13H,2-7H2,1H3. The highest BCUT2D eigenvalue weighted by atomic mass is 79.9. The van der Waals surface area contributed by atoms with Crippen LogP contribution in [0.25, 0.3) is 0 Å². The van der Waals surface area contributed by atoms with Crippen molar-refractivity contribution < 1.29 is 0 Å². The number of fused-ring (bicyclic) bond motifs is 1. The van der Waals surface area contributed by atoms with Gasteiger partial charge >= 0.3 is 0 Å². The van der Waals surface area contributed by atoms with Gasteiger partial charge in [-0.25, -0.2) is 0 Å². The Bertz CT molecular complexity index is 401. The van der Waals surface area contributed by atoms with E-state index >= 15 is 0 Å². The number of halogens is 1. The van der Waals surface area contributed by atoms with Crippen molar-refractivity contribution in [1.29, 1.82) is 0 Å². The van der Waals surface area contributed by atoms with Crippen LogP contribution < -0.4 is 5.32 Å². The third-order valence-corrected chi connectivity index (χ3v) is 4.26. The number of likely N-dealkylation sites (N-methyl/N-ethyl adjacent to an activating group) is 1. The molecule has 1 aromatic rings. The van der Waals surface area contributed by atoms with Gasteiger partial charge in [-0.2, -0.15) is 5.10 Å². The van der Waals surface area contributed by atoms with Gasteiger partial charge in [0.05, 0.1) is 6.04 Å². The van der Waals surface area contributed by atoms with Crippen molar-refractivity contribution in [2.45, 2.75) is 25.4 Å². The quantitative estimate of drug-likeness (QED) is 0.841. The fourth-order valence-electron chi connectivity index (χ4n) is 2.75. The second-order valence-electron chi connectivity index (χ2n) is 4.79. The van der Waals surface area contributed by atoms with Gasteiger partial charge in [0.25, 0.3) is 0 Å². The zero-order valence-electron chi connectivity index (χ0n) is 9.54. The number of aromatic nitrogens is 2. The minimum absolute atomic E-state index is 0.572. The van der Waals surface area contributed by atoms with Crippen LogP contribution in [0.15, 0.2) is 4.60 Å². The lowest BCUT2D eigenvalue weighted by atomic mass is 10.1. The molecule has 3 rings (SSSR count). The molecule has 1 saturated heterocycles. The van der Waals surface area contributed by atoms with Gasteiger partial charge in [-0.05, 0) is 35.9 Å². The Kier molecular flexibility index (Phi) is 2.77. The Morgan fingerprint density at radius 1 is 1.50 bits per heavy atom. The van der Waals surface area contributed by atoms with E-state index in [1.165, 1.54) is 24.2 Å². The highest BCUT2D eigenvalue weighted by Crippen LogP contribution is 2.29. The fraction of sp³-hybridized carbons (Fsp3) is 0.727. The molecule has 1 N–H and O–H groups in total. The maximum Gasteiger partial charge on any atom is 0.132 e. The highest BCUT2D eigenvalue weighted by molar-refractivity contribution is 9.10. The van der Waals surface area contributed by atoms with Gasteiger partial charge in [0.15, 0.2) is 0 Å². The molecule has 1 aromatic heterocycles. The molecule has 2 aliphatic heterocycles. The maximum absolute atomic E-state index is 4.68. The molecule has 5 heteroatoms. The van der Waals surface area contributed by atoms with Gasteiger partial charge in [0.1, 0.15) is 4.60 Å². The molecule has 0 radical (unpaired) electrons. The van der Waals surface area contributed by atoms with Crippen LogP contribution in [-0.4, -0.2) is 41.4 Å². The summed E-state index contributed by atoms with van der Waals surface area (Å²) in [7, 11) is 2.19. The van der Waals surface area contributed by atoms with Crippen molar-refractivity contribution in [2.75, 3.05) is 26.7 Å². The Morgan fingerprint density at radius 3 is 3.12 bits per heavy atom. The van der Waals surface area contributed by atoms with Crippen molar-refractivity contribution >= 4 is 15.9 Å². The summed E-state index contributed by atoms with van der Waals surface area (Å²) in [6, 6.07) is 0.572. The van der Waals surface area contributed by atoms with E-state index in [-0.39, 0.29) is 0 Å². The first-order valence-corrected chi connectivity index (χ1v) is 6.70. The van der Waals surface area contributed by atoms with Crippen LogP contribution in [0, 0.1) is 0 Å². The SMILES string of the molecule is CN1CCC(n2nc(Br)c3c2CCNC3)C1. The third-order valence-electron chi connectivity index (χ3n) is 3.62. The molecule has 16 heavy (non-hydrogen) atoms. The molecule has 1 unspecified atom stereocenters. The number of hydrogen-bond donors (Lipinski definition) is 1. The molecular weight excluding hydrogens is 268 g/mol. The van der Waals surface area contributed by atoms with Gasteiger partial charge in [0, 0.05) is 37.3 Å². The van der Waals surface area contributed by atoms with E-state index in [4.69, 9.17) is 0 Å². The predicted octanol–water partition coefficient (Wildman–Crippen LogP) is 1.17. The van der Waals surface area contributed by atoms with E-state index in [0.29, 0.717) is 6.04 Å². The lowest BCUT2D eigenvalue weighted by Crippen LogP contribution is -2.26. The third kappa shape index (κ3) is 1.71. The largest absolute Gasteiger partial charge is 0.312 e. The Morgan fingerprint density at radius 2 is 2.38 bits per heavy atom. The van der Waals surface area contributed by atoms with Crippen LogP contribution in [0.1, 0.15) is 23.7 Å². The van der Waals surface area contributed by atoms with Gasteiger partial charge in [-0.1, -0.05) is 0 Å². The first kappa shape index (κ1) is 10.7. The van der Waals surface area contributed by atoms with E-state index in [9.17, 15) is 0 Å². The van der Waals surface area contributed by atoms with Crippen LogP contribution in [0.3, 0.4) is 0 Å². The minimum atomic E-state index is 0.572. The van der Waals surface area contributed by atoms with Crippen molar-refractivity contribution in [3.8, 4) is 0 Å². The maximum atomic E-state index is 4.68. The smallest absolute Gasteiger partial charge is 0.132 e. The van der Waals surface area contributed by atoms with E-state index < -0.39 is 0 Å². The summed E-state index contributed by atoms with van der Waals surface area (Å²) in [5.41, 5.74) is 2.80. The lowest BCUT2D eigenvalue weighted by molar-refractivity contribution is 0.375. The average Bonchev–Trinajstić information content (AvgIpc) is 2.84. The summed E-state index contributed by atoms with van der Waals surface area (Å²) < 4.78 is 3.30. The van der Waals surface area contributed by atoms with Crippen LogP contribution in [-0.2, 0) is 13.0 Å². The van der Waals surface area contributed by atoms with E-state index in [1.54, 1.807) is 0 Å². The summed E-state index contributed by atoms with van der Waals surface area (Å²) in [4.78, 5) is 2.38. The summed E-state index contributed by atoms with van der Waals surface area (Å²) >= 11 is 3.58. The normalized spacial score (nSPS) is 26.0. The molecule has 2 aliphatic rings. The summed E-state index contributed by atoms with van der Waals surface area (Å²) in [5, 5.41) is 8.08. The van der Waals surface area contributed by atoms with Crippen molar-refractivity contribution in [1.82, 2.24) is 20.0 Å². The number of hydrogen-bond acceptors (Lipinski definition) is 3. The first-order chi connectivity index (χ1) is 7.75. The fourth-order valence-corrected chi connectivity index (χ4v) is 3.29. The van der Waals surface area contributed by atoms with Crippen LogP contribution in [0.5, 0.6) is 0 Å². The van der Waals surface area contributed by atoms with Crippen molar-refractivity contribution in [3.05, 3.63) is 15.9 Å². The first-order valence-electron chi connectivity index (χ1n) is 5.90. The number of nitrogens with one attached hydrogen (secondary N) is 1. The van der Waals surface area contributed by atoms with Gasteiger partial charge in [-0.15, -0.1) is 0 Å². The monoisotopic (exact) mass is 284 g/mol. The van der Waals surface area contributed by atoms with Crippen LogP contribution in [0.4, 0.5) is 0 Å². The molecule has 1 atom stereocenters. The van der Waals surface area contributed by atoms with E-state index in [0.717, 1.165) is 30.7 Å². The Balaban J connectivity index is 1.95. The highest BCUT2D eigenvalue weighted by Gasteiger charge is 2.27. The molecule has 3 heterocycles. The van der Waals surface area contributed by atoms with Crippen LogP contribution in [0.2, 0.25) is 0 Å². The zero-order valence-corrected chi connectivity index (χ0v) is 11.1. The number of likely N-dealkylation sites (tertiary alicyclic amines) is 1. The number of rotatable bonds is 1. The molecule has 4 nitrogen and oxygen atoms in total. The van der Waals surface area contributed by atoms with Crippen LogP contribution >= 0.6 is 15.9 Å². The molecule has 0 aliphatic carbocycles. The van der Waals surface area contributed by atoms with Crippen molar-refractivity contribution in [3.63, 3.8) is 0 Å². The molecule has 0 spiro atoms. The molecule has 0 bridgehead atoms. The molecule has 1 fully saturated rings. The Labute approximate surface area is 104 Å². The molecule has 88 valence electrons. The molecule has 0 aromatic carbocycles. The van der Waals surface area contributed by atoms with Gasteiger partial charge < -0.3 is 10.2 Å². The molecule has 0 saturated carbocycles. The summed E-state index contributed by atoms with van der Waals surface area (Å²) in [6.45, 7) is 4.36. The van der Waals surface area contributed by atoms with Gasteiger partial charge in [0.2, 0.25) is 0 Å². The summed E-state index contributed by atoms with van der Waals surface area (Å²) in [6.07, 6.45) is 2.33. The lowest BCUT2D eigenvalue weighted by Gasteiger charge is -2.18. The summed E-state index contributed by atoms with van der Waals surface area (Å²) in [5.74, 6) is 0. The number of nitrogens with zero attached hydrogens (tertiary/aromatic N) is 3. The molecule has 0 amide bonds. The predicted molar refractivity (Wildman–Crippen MR) is 66.5 cm³/mol. The van der Waals surface area contributed by atoms with Crippen molar-refractivity contribution in [2.24, 2.45) is 0 Å². The average molecular weight is 285 g/mol. The second-order valence-corrected chi connectivity index (χ2v) is 5.54. The van der Waals surface area contributed by atoms with E-state index in [2.05, 4.69) is 43.0 Å². The molecular formula is C11H17BrN4. The zero-order chi connectivity index (χ0) is 11.1.